The van der Waals surface area contributed by atoms with Crippen LogP contribution in [0, 0.1) is 17.1 Å². The smallest absolute Gasteiger partial charge is 0.252 e. The fourth-order valence-corrected chi connectivity index (χ4v) is 4.92. The van der Waals surface area contributed by atoms with Gasteiger partial charge in [0.1, 0.15) is 17.4 Å². The van der Waals surface area contributed by atoms with Crippen LogP contribution >= 0.6 is 11.6 Å². The number of hydrogen-bond acceptors (Lipinski definition) is 5. The average molecular weight is 451 g/mol. The second kappa shape index (κ2) is 9.43. The van der Waals surface area contributed by atoms with Gasteiger partial charge in [0.05, 0.1) is 21.2 Å². The van der Waals surface area contributed by atoms with E-state index in [1.807, 2.05) is 0 Å². The van der Waals surface area contributed by atoms with Gasteiger partial charge in [-0.05, 0) is 43.2 Å². The van der Waals surface area contributed by atoms with Gasteiger partial charge in [0.2, 0.25) is 10.0 Å². The lowest BCUT2D eigenvalue weighted by Gasteiger charge is -2.16. The highest BCUT2D eigenvalue weighted by molar-refractivity contribution is 7.89. The zero-order valence-electron chi connectivity index (χ0n) is 16.0. The third kappa shape index (κ3) is 4.73. The number of rotatable bonds is 7. The van der Waals surface area contributed by atoms with Crippen molar-refractivity contribution in [3.63, 3.8) is 0 Å². The third-order valence-corrected chi connectivity index (χ3v) is 6.96. The summed E-state index contributed by atoms with van der Waals surface area (Å²) in [5.74, 6) is -1.16. The summed E-state index contributed by atoms with van der Waals surface area (Å²) in [5.41, 5.74) is 0.274. The Balaban J connectivity index is 1.65. The molecular weight excluding hydrogens is 431 g/mol. The van der Waals surface area contributed by atoms with Gasteiger partial charge >= 0.3 is 0 Å². The first-order chi connectivity index (χ1) is 14.3. The maximum atomic E-state index is 13.6. The predicted octanol–water partition coefficient (Wildman–Crippen LogP) is 2.98. The molecule has 1 aliphatic heterocycles. The molecule has 1 aliphatic rings. The van der Waals surface area contributed by atoms with Gasteiger partial charge in [0.25, 0.3) is 5.91 Å². The maximum Gasteiger partial charge on any atom is 0.252 e. The Morgan fingerprint density at radius 1 is 1.20 bits per heavy atom. The Labute approximate surface area is 179 Å². The van der Waals surface area contributed by atoms with Crippen molar-refractivity contribution in [3.05, 3.63) is 58.4 Å². The van der Waals surface area contributed by atoms with Gasteiger partial charge in [-0.25, -0.2) is 12.8 Å². The molecule has 1 fully saturated rings. The number of nitrogens with zero attached hydrogens (tertiary/aromatic N) is 2. The van der Waals surface area contributed by atoms with E-state index < -0.39 is 21.7 Å². The molecule has 0 radical (unpaired) electrons. The molecule has 0 aliphatic carbocycles. The first-order valence-corrected chi connectivity index (χ1v) is 11.2. The van der Waals surface area contributed by atoms with Gasteiger partial charge in [0.15, 0.2) is 0 Å². The Bertz CT molecular complexity index is 1100. The van der Waals surface area contributed by atoms with E-state index in [1.165, 1.54) is 34.6 Å². The summed E-state index contributed by atoms with van der Waals surface area (Å²) < 4.78 is 40.4. The number of sulfonamides is 1. The van der Waals surface area contributed by atoms with E-state index in [0.717, 1.165) is 12.8 Å². The second-order valence-electron chi connectivity index (χ2n) is 6.71. The highest BCUT2D eigenvalue weighted by Crippen LogP contribution is 2.25. The van der Waals surface area contributed by atoms with E-state index in [-0.39, 0.29) is 34.1 Å². The van der Waals surface area contributed by atoms with E-state index in [0.29, 0.717) is 18.8 Å². The largest absolute Gasteiger partial charge is 0.382 e. The van der Waals surface area contributed by atoms with Gasteiger partial charge in [-0.2, -0.15) is 9.57 Å². The van der Waals surface area contributed by atoms with Gasteiger partial charge < -0.3 is 10.6 Å². The number of nitrogens with one attached hydrogen (secondary N) is 2. The minimum atomic E-state index is -3.67. The Morgan fingerprint density at radius 3 is 2.63 bits per heavy atom. The van der Waals surface area contributed by atoms with Crippen molar-refractivity contribution >= 4 is 33.2 Å². The summed E-state index contributed by atoms with van der Waals surface area (Å²) in [7, 11) is -3.67. The molecule has 30 heavy (non-hydrogen) atoms. The van der Waals surface area contributed by atoms with Crippen LogP contribution in [0.15, 0.2) is 41.3 Å². The number of halogens is 2. The molecule has 0 aromatic heterocycles. The summed E-state index contributed by atoms with van der Waals surface area (Å²) in [5, 5.41) is 14.7. The molecule has 1 amide bonds. The molecule has 1 heterocycles. The van der Waals surface area contributed by atoms with Crippen LogP contribution < -0.4 is 10.6 Å². The molecule has 0 unspecified atom stereocenters. The standard InChI is InChI=1S/C20H20ClFN4O3S/c21-17-7-6-14(30(28,29)26-10-1-2-11-26)12-15(17)20(27)25-9-8-24-19-5-3-4-18(22)16(19)13-23/h3-7,12,24H,1-2,8-11H2,(H,25,27). The average Bonchev–Trinajstić information content (AvgIpc) is 3.27. The first kappa shape index (κ1) is 22.0. The van der Waals surface area contributed by atoms with Crippen LogP contribution in [0.5, 0.6) is 0 Å². The minimum absolute atomic E-state index is 0.0236. The molecule has 0 saturated carbocycles. The van der Waals surface area contributed by atoms with Crippen LogP contribution in [-0.4, -0.2) is 44.8 Å². The van der Waals surface area contributed by atoms with Gasteiger partial charge in [-0.1, -0.05) is 17.7 Å². The molecule has 3 rings (SSSR count). The summed E-state index contributed by atoms with van der Waals surface area (Å²) in [4.78, 5) is 12.5. The van der Waals surface area contributed by atoms with Crippen LogP contribution in [0.1, 0.15) is 28.8 Å². The predicted molar refractivity (Wildman–Crippen MR) is 111 cm³/mol. The Kier molecular flexibility index (Phi) is 6.92. The molecule has 0 spiro atoms. The number of hydrogen-bond donors (Lipinski definition) is 2. The van der Waals surface area contributed by atoms with Crippen molar-refractivity contribution in [1.82, 2.24) is 9.62 Å². The van der Waals surface area contributed by atoms with E-state index >= 15 is 0 Å². The van der Waals surface area contributed by atoms with Crippen molar-refractivity contribution in [3.8, 4) is 6.07 Å². The van der Waals surface area contributed by atoms with Crippen LogP contribution in [0.3, 0.4) is 0 Å². The molecule has 158 valence electrons. The van der Waals surface area contributed by atoms with Crippen molar-refractivity contribution in [2.45, 2.75) is 17.7 Å². The van der Waals surface area contributed by atoms with Crippen molar-refractivity contribution < 1.29 is 17.6 Å². The van der Waals surface area contributed by atoms with E-state index in [2.05, 4.69) is 10.6 Å². The van der Waals surface area contributed by atoms with E-state index in [9.17, 15) is 17.6 Å². The number of amides is 1. The normalized spacial score (nSPS) is 14.3. The van der Waals surface area contributed by atoms with Crippen molar-refractivity contribution in [2.75, 3.05) is 31.5 Å². The van der Waals surface area contributed by atoms with Crippen LogP contribution in [0.4, 0.5) is 10.1 Å². The third-order valence-electron chi connectivity index (χ3n) is 4.74. The van der Waals surface area contributed by atoms with Gasteiger partial charge in [-0.3, -0.25) is 4.79 Å². The first-order valence-electron chi connectivity index (χ1n) is 9.35. The maximum absolute atomic E-state index is 13.6. The topological polar surface area (TPSA) is 102 Å². The molecule has 1 saturated heterocycles. The molecule has 7 nitrogen and oxygen atoms in total. The number of nitriles is 1. The molecule has 0 bridgehead atoms. The summed E-state index contributed by atoms with van der Waals surface area (Å²) >= 11 is 6.10. The number of carbonyl (C=O) groups is 1. The van der Waals surface area contributed by atoms with Gasteiger partial charge in [0, 0.05) is 26.2 Å². The zero-order chi connectivity index (χ0) is 21.7. The SMILES string of the molecule is N#Cc1c(F)cccc1NCCNC(=O)c1cc(S(=O)(=O)N2CCCC2)ccc1Cl. The van der Waals surface area contributed by atoms with Crippen molar-refractivity contribution in [1.29, 1.82) is 5.26 Å². The minimum Gasteiger partial charge on any atom is -0.382 e. The van der Waals surface area contributed by atoms with Crippen molar-refractivity contribution in [2.24, 2.45) is 0 Å². The fourth-order valence-electron chi connectivity index (χ4n) is 3.17. The Morgan fingerprint density at radius 2 is 1.93 bits per heavy atom. The molecular formula is C20H20ClFN4O3S. The molecule has 2 aromatic carbocycles. The van der Waals surface area contributed by atoms with Gasteiger partial charge in [-0.15, -0.1) is 0 Å². The second-order valence-corrected chi connectivity index (χ2v) is 9.05. The lowest BCUT2D eigenvalue weighted by Crippen LogP contribution is -2.30. The lowest BCUT2D eigenvalue weighted by molar-refractivity contribution is 0.0955. The van der Waals surface area contributed by atoms with E-state index in [4.69, 9.17) is 16.9 Å². The van der Waals surface area contributed by atoms with E-state index in [1.54, 1.807) is 12.1 Å². The lowest BCUT2D eigenvalue weighted by atomic mass is 10.2. The summed E-state index contributed by atoms with van der Waals surface area (Å²) in [6, 6.07) is 10.1. The monoisotopic (exact) mass is 450 g/mol. The fraction of sp³-hybridized carbons (Fsp3) is 0.300. The summed E-state index contributed by atoms with van der Waals surface area (Å²) in [6.45, 7) is 1.30. The van der Waals surface area contributed by atoms with Crippen LogP contribution in [0.25, 0.3) is 0 Å². The zero-order valence-corrected chi connectivity index (χ0v) is 17.6. The highest BCUT2D eigenvalue weighted by Gasteiger charge is 2.28. The van der Waals surface area contributed by atoms with Crippen LogP contribution in [-0.2, 0) is 10.0 Å². The highest BCUT2D eigenvalue weighted by atomic mass is 35.5. The molecule has 10 heteroatoms. The Hall–Kier alpha value is -2.67. The quantitative estimate of drug-likeness (QED) is 0.631. The molecule has 2 N–H and O–H groups in total. The number of carbonyl (C=O) groups excluding carboxylic acids is 1. The number of benzene rings is 2. The number of anilines is 1. The molecule has 0 atom stereocenters. The molecule has 2 aromatic rings. The summed E-state index contributed by atoms with van der Waals surface area (Å²) in [6.07, 6.45) is 1.62. The van der Waals surface area contributed by atoms with Crippen LogP contribution in [0.2, 0.25) is 5.02 Å².